The van der Waals surface area contributed by atoms with Crippen molar-refractivity contribution in [2.75, 3.05) is 6.54 Å². The molecule has 0 aromatic rings. The van der Waals surface area contributed by atoms with Crippen LogP contribution in [0.25, 0.3) is 0 Å². The van der Waals surface area contributed by atoms with Crippen LogP contribution in [0.2, 0.25) is 0 Å². The summed E-state index contributed by atoms with van der Waals surface area (Å²) >= 11 is 0. The fourth-order valence-electron chi connectivity index (χ4n) is 2.64. The maximum atomic E-state index is 11.7. The van der Waals surface area contributed by atoms with E-state index in [2.05, 4.69) is 6.92 Å². The molecule has 1 saturated carbocycles. The summed E-state index contributed by atoms with van der Waals surface area (Å²) in [6, 6.07) is 0.279. The van der Waals surface area contributed by atoms with Gasteiger partial charge in [-0.15, -0.1) is 0 Å². The van der Waals surface area contributed by atoms with Gasteiger partial charge in [0.05, 0.1) is 6.04 Å². The van der Waals surface area contributed by atoms with Gasteiger partial charge in [0, 0.05) is 12.6 Å². The lowest BCUT2D eigenvalue weighted by atomic mass is 9.87. The number of nitrogens with two attached hydrogens (primary N) is 1. The summed E-state index contributed by atoms with van der Waals surface area (Å²) in [5, 5.41) is 0. The highest BCUT2D eigenvalue weighted by Crippen LogP contribution is 2.29. The molecule has 1 aliphatic heterocycles. The van der Waals surface area contributed by atoms with E-state index in [0.717, 1.165) is 18.9 Å². The summed E-state index contributed by atoms with van der Waals surface area (Å²) in [5.41, 5.74) is 5.71. The second-order valence-electron chi connectivity index (χ2n) is 4.84. The van der Waals surface area contributed by atoms with E-state index in [9.17, 15) is 4.79 Å². The van der Waals surface area contributed by atoms with Gasteiger partial charge < -0.3 is 10.6 Å². The molecule has 2 aliphatic rings. The van der Waals surface area contributed by atoms with E-state index in [1.165, 1.54) is 25.7 Å². The Morgan fingerprint density at radius 2 is 1.86 bits per heavy atom. The number of hydrogen-bond acceptors (Lipinski definition) is 2. The Labute approximate surface area is 85.6 Å². The number of carbonyl (C=O) groups is 1. The predicted octanol–water partition coefficient (Wildman–Crippen LogP) is 1.12. The summed E-state index contributed by atoms with van der Waals surface area (Å²) in [7, 11) is 0. The van der Waals surface area contributed by atoms with Crippen LogP contribution < -0.4 is 5.73 Å². The molecule has 1 aliphatic carbocycles. The lowest BCUT2D eigenvalue weighted by molar-refractivity contribution is -0.131. The van der Waals surface area contributed by atoms with Crippen LogP contribution in [-0.2, 0) is 4.79 Å². The number of nitrogens with zero attached hydrogens (tertiary/aromatic N) is 1. The third-order valence-electron chi connectivity index (χ3n) is 3.71. The van der Waals surface area contributed by atoms with Gasteiger partial charge in [0.15, 0.2) is 0 Å². The number of likely N-dealkylation sites (tertiary alicyclic amines) is 1. The number of carbonyl (C=O) groups excluding carboxylic acids is 1. The van der Waals surface area contributed by atoms with Crippen LogP contribution in [0.3, 0.4) is 0 Å². The first-order chi connectivity index (χ1) is 6.68. The largest absolute Gasteiger partial charge is 0.338 e. The summed E-state index contributed by atoms with van der Waals surface area (Å²) in [6.45, 7) is 3.19. The zero-order valence-electron chi connectivity index (χ0n) is 8.91. The van der Waals surface area contributed by atoms with Crippen LogP contribution in [0.4, 0.5) is 0 Å². The van der Waals surface area contributed by atoms with Crippen molar-refractivity contribution in [3.05, 3.63) is 0 Å². The highest BCUT2D eigenvalue weighted by atomic mass is 16.2. The van der Waals surface area contributed by atoms with Crippen LogP contribution in [0.15, 0.2) is 0 Å². The fourth-order valence-corrected chi connectivity index (χ4v) is 2.64. The molecule has 0 aromatic carbocycles. The maximum Gasteiger partial charge on any atom is 0.239 e. The average Bonchev–Trinajstić information content (AvgIpc) is 2.50. The molecule has 2 N–H and O–H groups in total. The van der Waals surface area contributed by atoms with Crippen molar-refractivity contribution in [1.82, 2.24) is 4.90 Å². The first kappa shape index (κ1) is 9.97. The van der Waals surface area contributed by atoms with E-state index in [1.54, 1.807) is 0 Å². The van der Waals surface area contributed by atoms with Crippen molar-refractivity contribution in [2.45, 2.75) is 51.1 Å². The Kier molecular flexibility index (Phi) is 2.77. The molecule has 2 fully saturated rings. The molecule has 1 heterocycles. The van der Waals surface area contributed by atoms with E-state index in [4.69, 9.17) is 5.73 Å². The number of hydrogen-bond donors (Lipinski definition) is 1. The van der Waals surface area contributed by atoms with Crippen LogP contribution in [0, 0.1) is 5.92 Å². The third kappa shape index (κ3) is 1.78. The van der Waals surface area contributed by atoms with Gasteiger partial charge in [-0.2, -0.15) is 0 Å². The van der Waals surface area contributed by atoms with E-state index < -0.39 is 0 Å². The highest BCUT2D eigenvalue weighted by Gasteiger charge is 2.34. The molecule has 1 unspecified atom stereocenters. The van der Waals surface area contributed by atoms with Crippen molar-refractivity contribution in [3.63, 3.8) is 0 Å². The molecular weight excluding hydrogens is 176 g/mol. The first-order valence-electron chi connectivity index (χ1n) is 5.74. The summed E-state index contributed by atoms with van der Waals surface area (Å²) < 4.78 is 0. The molecular formula is C11H20N2O. The quantitative estimate of drug-likeness (QED) is 0.683. The second-order valence-corrected chi connectivity index (χ2v) is 4.84. The SMILES string of the molecule is CC1CCC(N2CCC(N)C2=O)CC1. The molecule has 0 radical (unpaired) electrons. The van der Waals surface area contributed by atoms with Gasteiger partial charge in [0.2, 0.25) is 5.91 Å². The van der Waals surface area contributed by atoms with Gasteiger partial charge >= 0.3 is 0 Å². The molecule has 14 heavy (non-hydrogen) atoms. The minimum atomic E-state index is -0.214. The highest BCUT2D eigenvalue weighted by molar-refractivity contribution is 5.84. The molecule has 3 nitrogen and oxygen atoms in total. The Balaban J connectivity index is 1.93. The van der Waals surface area contributed by atoms with Crippen LogP contribution in [0.5, 0.6) is 0 Å². The van der Waals surface area contributed by atoms with Gasteiger partial charge in [-0.05, 0) is 38.0 Å². The zero-order valence-corrected chi connectivity index (χ0v) is 8.91. The van der Waals surface area contributed by atoms with E-state index >= 15 is 0 Å². The standard InChI is InChI=1S/C11H20N2O/c1-8-2-4-9(5-3-8)13-7-6-10(12)11(13)14/h8-10H,2-7,12H2,1H3. The first-order valence-corrected chi connectivity index (χ1v) is 5.74. The van der Waals surface area contributed by atoms with E-state index in [1.807, 2.05) is 4.90 Å². The topological polar surface area (TPSA) is 46.3 Å². The predicted molar refractivity (Wildman–Crippen MR) is 55.7 cm³/mol. The van der Waals surface area contributed by atoms with Crippen molar-refractivity contribution >= 4 is 5.91 Å². The smallest absolute Gasteiger partial charge is 0.239 e. The van der Waals surface area contributed by atoms with Gasteiger partial charge in [0.1, 0.15) is 0 Å². The molecule has 0 aromatic heterocycles. The van der Waals surface area contributed by atoms with Gasteiger partial charge in [-0.25, -0.2) is 0 Å². The second kappa shape index (κ2) is 3.89. The third-order valence-corrected chi connectivity index (χ3v) is 3.71. The normalized spacial score (nSPS) is 39.1. The van der Waals surface area contributed by atoms with Crippen molar-refractivity contribution in [2.24, 2.45) is 11.7 Å². The molecule has 0 spiro atoms. The average molecular weight is 196 g/mol. The molecule has 1 saturated heterocycles. The Morgan fingerprint density at radius 1 is 1.21 bits per heavy atom. The minimum absolute atomic E-state index is 0.185. The lowest BCUT2D eigenvalue weighted by Gasteiger charge is -2.33. The summed E-state index contributed by atoms with van der Waals surface area (Å²) in [6.07, 6.45) is 5.75. The molecule has 80 valence electrons. The van der Waals surface area contributed by atoms with E-state index in [0.29, 0.717) is 6.04 Å². The van der Waals surface area contributed by atoms with Crippen LogP contribution >= 0.6 is 0 Å². The van der Waals surface area contributed by atoms with Gasteiger partial charge in [-0.1, -0.05) is 6.92 Å². The molecule has 1 amide bonds. The Hall–Kier alpha value is -0.570. The summed E-state index contributed by atoms with van der Waals surface area (Å²) in [4.78, 5) is 13.7. The minimum Gasteiger partial charge on any atom is -0.338 e. The van der Waals surface area contributed by atoms with Gasteiger partial charge in [0.25, 0.3) is 0 Å². The lowest BCUT2D eigenvalue weighted by Crippen LogP contribution is -2.42. The van der Waals surface area contributed by atoms with E-state index in [-0.39, 0.29) is 11.9 Å². The Bertz CT molecular complexity index is 221. The Morgan fingerprint density at radius 3 is 2.36 bits per heavy atom. The number of amides is 1. The fraction of sp³-hybridized carbons (Fsp3) is 0.909. The zero-order chi connectivity index (χ0) is 10.1. The van der Waals surface area contributed by atoms with Crippen LogP contribution in [0.1, 0.15) is 39.0 Å². The molecule has 2 rings (SSSR count). The van der Waals surface area contributed by atoms with Crippen molar-refractivity contribution in [1.29, 1.82) is 0 Å². The van der Waals surface area contributed by atoms with Crippen molar-refractivity contribution < 1.29 is 4.79 Å². The maximum absolute atomic E-state index is 11.7. The van der Waals surface area contributed by atoms with Crippen LogP contribution in [-0.4, -0.2) is 29.4 Å². The van der Waals surface area contributed by atoms with Crippen molar-refractivity contribution in [3.8, 4) is 0 Å². The summed E-state index contributed by atoms with van der Waals surface area (Å²) in [5.74, 6) is 1.03. The number of rotatable bonds is 1. The molecule has 0 bridgehead atoms. The monoisotopic (exact) mass is 196 g/mol. The molecule has 3 heteroatoms. The van der Waals surface area contributed by atoms with Gasteiger partial charge in [-0.3, -0.25) is 4.79 Å². The molecule has 1 atom stereocenters.